The Morgan fingerprint density at radius 3 is 2.65 bits per heavy atom. The topological polar surface area (TPSA) is 64.6 Å². The maximum Gasteiger partial charge on any atom is 0.315 e. The van der Waals surface area contributed by atoms with Crippen molar-refractivity contribution in [1.29, 1.82) is 0 Å². The standard InChI is InChI=1S/C18H29N3O2/c1-13(12-22)15(3)20-18(23)19-10-14(2)21-9-8-16-6-4-5-7-17(16)11-21/h4-7,13-15,22H,8-12H2,1-3H3,(H2,19,20,23)/t13-,14-,15+/m1/s1. The molecule has 1 aromatic rings. The van der Waals surface area contributed by atoms with E-state index in [4.69, 9.17) is 5.11 Å². The van der Waals surface area contributed by atoms with Gasteiger partial charge in [-0.05, 0) is 37.3 Å². The van der Waals surface area contributed by atoms with Gasteiger partial charge in [0.2, 0.25) is 0 Å². The minimum atomic E-state index is -0.165. The van der Waals surface area contributed by atoms with Gasteiger partial charge in [-0.15, -0.1) is 0 Å². The van der Waals surface area contributed by atoms with Crippen molar-refractivity contribution in [2.75, 3.05) is 19.7 Å². The fourth-order valence-corrected chi connectivity index (χ4v) is 2.82. The number of aliphatic hydroxyl groups excluding tert-OH is 1. The van der Waals surface area contributed by atoms with Crippen LogP contribution >= 0.6 is 0 Å². The highest BCUT2D eigenvalue weighted by Crippen LogP contribution is 2.19. The lowest BCUT2D eigenvalue weighted by molar-refractivity contribution is 0.180. The zero-order chi connectivity index (χ0) is 16.8. The highest BCUT2D eigenvalue weighted by molar-refractivity contribution is 5.74. The highest BCUT2D eigenvalue weighted by Gasteiger charge is 2.21. The van der Waals surface area contributed by atoms with Gasteiger partial charge in [-0.2, -0.15) is 0 Å². The van der Waals surface area contributed by atoms with Gasteiger partial charge in [0.05, 0.1) is 0 Å². The van der Waals surface area contributed by atoms with E-state index in [9.17, 15) is 4.79 Å². The number of urea groups is 1. The van der Waals surface area contributed by atoms with Crippen molar-refractivity contribution in [1.82, 2.24) is 15.5 Å². The summed E-state index contributed by atoms with van der Waals surface area (Å²) in [6.07, 6.45) is 1.07. The SMILES string of the molecule is C[C@H](CO)[C@H](C)NC(=O)NC[C@@H](C)N1CCc2ccccc2C1. The van der Waals surface area contributed by atoms with Crippen LogP contribution in [0.1, 0.15) is 31.9 Å². The number of rotatable bonds is 6. The number of nitrogens with one attached hydrogen (secondary N) is 2. The molecule has 1 aliphatic rings. The molecule has 0 fully saturated rings. The van der Waals surface area contributed by atoms with Crippen molar-refractivity contribution in [3.8, 4) is 0 Å². The number of nitrogens with zero attached hydrogens (tertiary/aromatic N) is 1. The summed E-state index contributed by atoms with van der Waals surface area (Å²) in [6, 6.07) is 8.65. The van der Waals surface area contributed by atoms with Crippen LogP contribution in [0.2, 0.25) is 0 Å². The van der Waals surface area contributed by atoms with Crippen molar-refractivity contribution < 1.29 is 9.90 Å². The normalized spacial score (nSPS) is 18.6. The Kier molecular flexibility index (Phi) is 6.42. The molecule has 0 bridgehead atoms. The molecule has 5 heteroatoms. The van der Waals surface area contributed by atoms with Gasteiger partial charge in [-0.3, -0.25) is 4.90 Å². The summed E-state index contributed by atoms with van der Waals surface area (Å²) >= 11 is 0. The Labute approximate surface area is 139 Å². The van der Waals surface area contributed by atoms with Gasteiger partial charge in [0.1, 0.15) is 0 Å². The third-order valence-electron chi connectivity index (χ3n) is 4.84. The van der Waals surface area contributed by atoms with E-state index in [0.717, 1.165) is 19.5 Å². The van der Waals surface area contributed by atoms with Crippen LogP contribution in [0.4, 0.5) is 4.79 Å². The molecule has 0 aliphatic carbocycles. The fraction of sp³-hybridized carbons (Fsp3) is 0.611. The van der Waals surface area contributed by atoms with E-state index in [-0.39, 0.29) is 24.6 Å². The first-order chi connectivity index (χ1) is 11.0. The monoisotopic (exact) mass is 319 g/mol. The zero-order valence-corrected chi connectivity index (χ0v) is 14.4. The summed E-state index contributed by atoms with van der Waals surface area (Å²) < 4.78 is 0. The van der Waals surface area contributed by atoms with Crippen molar-refractivity contribution in [2.45, 2.75) is 45.8 Å². The van der Waals surface area contributed by atoms with Crippen LogP contribution in [0, 0.1) is 5.92 Å². The number of carbonyl (C=O) groups is 1. The van der Waals surface area contributed by atoms with E-state index in [1.807, 2.05) is 13.8 Å². The van der Waals surface area contributed by atoms with Gasteiger partial charge < -0.3 is 15.7 Å². The Morgan fingerprint density at radius 1 is 1.26 bits per heavy atom. The Hall–Kier alpha value is -1.59. The average molecular weight is 319 g/mol. The molecule has 23 heavy (non-hydrogen) atoms. The molecule has 128 valence electrons. The van der Waals surface area contributed by atoms with Crippen LogP contribution in [0.15, 0.2) is 24.3 Å². The van der Waals surface area contributed by atoms with Gasteiger partial charge in [0.15, 0.2) is 0 Å². The van der Waals surface area contributed by atoms with E-state index < -0.39 is 0 Å². The van der Waals surface area contributed by atoms with Gasteiger partial charge in [0.25, 0.3) is 0 Å². The van der Waals surface area contributed by atoms with E-state index in [1.54, 1.807) is 0 Å². The van der Waals surface area contributed by atoms with E-state index in [1.165, 1.54) is 11.1 Å². The van der Waals surface area contributed by atoms with Crippen molar-refractivity contribution in [3.63, 3.8) is 0 Å². The second-order valence-electron chi connectivity index (χ2n) is 6.64. The molecule has 1 aliphatic heterocycles. The maximum atomic E-state index is 11.9. The molecular formula is C18H29N3O2. The summed E-state index contributed by atoms with van der Waals surface area (Å²) in [5, 5.41) is 14.9. The van der Waals surface area contributed by atoms with E-state index >= 15 is 0 Å². The van der Waals surface area contributed by atoms with Crippen LogP contribution in [0.3, 0.4) is 0 Å². The number of amides is 2. The van der Waals surface area contributed by atoms with E-state index in [2.05, 4.69) is 46.7 Å². The van der Waals surface area contributed by atoms with Crippen LogP contribution in [-0.2, 0) is 13.0 Å². The molecule has 1 heterocycles. The van der Waals surface area contributed by atoms with Gasteiger partial charge in [-0.1, -0.05) is 31.2 Å². The zero-order valence-electron chi connectivity index (χ0n) is 14.4. The third kappa shape index (κ3) is 4.94. The van der Waals surface area contributed by atoms with Gasteiger partial charge >= 0.3 is 6.03 Å². The second-order valence-corrected chi connectivity index (χ2v) is 6.64. The molecule has 2 amide bonds. The predicted octanol–water partition coefficient (Wildman–Crippen LogP) is 1.75. The van der Waals surface area contributed by atoms with Crippen LogP contribution in [0.5, 0.6) is 0 Å². The molecule has 3 N–H and O–H groups in total. The Balaban J connectivity index is 1.77. The highest BCUT2D eigenvalue weighted by atomic mass is 16.3. The second kappa shape index (κ2) is 8.31. The maximum absolute atomic E-state index is 11.9. The molecule has 0 radical (unpaired) electrons. The summed E-state index contributed by atoms with van der Waals surface area (Å²) in [5.41, 5.74) is 2.83. The fourth-order valence-electron chi connectivity index (χ4n) is 2.82. The number of benzene rings is 1. The molecule has 0 aromatic heterocycles. The largest absolute Gasteiger partial charge is 0.396 e. The quantitative estimate of drug-likeness (QED) is 0.748. The first-order valence-corrected chi connectivity index (χ1v) is 8.47. The van der Waals surface area contributed by atoms with Crippen molar-refractivity contribution in [2.24, 2.45) is 5.92 Å². The van der Waals surface area contributed by atoms with Gasteiger partial charge in [-0.25, -0.2) is 4.79 Å². The Bertz CT molecular complexity index is 521. The minimum absolute atomic E-state index is 0.0443. The number of carbonyl (C=O) groups excluding carboxylic acids is 1. The van der Waals surface area contributed by atoms with E-state index in [0.29, 0.717) is 12.6 Å². The van der Waals surface area contributed by atoms with Crippen LogP contribution < -0.4 is 10.6 Å². The lowest BCUT2D eigenvalue weighted by Gasteiger charge is -2.34. The summed E-state index contributed by atoms with van der Waals surface area (Å²) in [4.78, 5) is 14.3. The predicted molar refractivity (Wildman–Crippen MR) is 92.3 cm³/mol. The first kappa shape index (κ1) is 17.8. The van der Waals surface area contributed by atoms with Crippen molar-refractivity contribution in [3.05, 3.63) is 35.4 Å². The average Bonchev–Trinajstić information content (AvgIpc) is 2.58. The third-order valence-corrected chi connectivity index (χ3v) is 4.84. The van der Waals surface area contributed by atoms with Crippen molar-refractivity contribution >= 4 is 6.03 Å². The number of fused-ring (bicyclic) bond motifs is 1. The molecule has 2 rings (SSSR count). The molecule has 1 aromatic carbocycles. The summed E-state index contributed by atoms with van der Waals surface area (Å²) in [5.74, 6) is 0.0526. The molecule has 3 atom stereocenters. The summed E-state index contributed by atoms with van der Waals surface area (Å²) in [7, 11) is 0. The molecule has 0 saturated heterocycles. The Morgan fingerprint density at radius 2 is 1.96 bits per heavy atom. The number of aliphatic hydroxyl groups is 1. The number of hydrogen-bond acceptors (Lipinski definition) is 3. The van der Waals surface area contributed by atoms with Gasteiger partial charge in [0, 0.05) is 38.3 Å². The minimum Gasteiger partial charge on any atom is -0.396 e. The summed E-state index contributed by atoms with van der Waals surface area (Å²) in [6.45, 7) is 8.63. The molecule has 5 nitrogen and oxygen atoms in total. The lowest BCUT2D eigenvalue weighted by Crippen LogP contribution is -2.49. The molecular weight excluding hydrogens is 290 g/mol. The smallest absolute Gasteiger partial charge is 0.315 e. The molecule has 0 spiro atoms. The lowest BCUT2D eigenvalue weighted by atomic mass is 9.99. The first-order valence-electron chi connectivity index (χ1n) is 8.47. The van der Waals surface area contributed by atoms with Crippen LogP contribution in [-0.4, -0.2) is 47.8 Å². The molecule has 0 saturated carbocycles. The molecule has 0 unspecified atom stereocenters. The van der Waals surface area contributed by atoms with Crippen LogP contribution in [0.25, 0.3) is 0 Å². The number of hydrogen-bond donors (Lipinski definition) is 3.